The summed E-state index contributed by atoms with van der Waals surface area (Å²) in [6.07, 6.45) is 1.01. The number of ketones is 1. The summed E-state index contributed by atoms with van der Waals surface area (Å²) in [7, 11) is 0. The predicted octanol–water partition coefficient (Wildman–Crippen LogP) is 3.72. The molecule has 0 aliphatic rings. The van der Waals surface area contributed by atoms with Gasteiger partial charge >= 0.3 is 0 Å². The van der Waals surface area contributed by atoms with Crippen molar-refractivity contribution in [3.05, 3.63) is 35.1 Å². The van der Waals surface area contributed by atoms with E-state index >= 15 is 0 Å². The van der Waals surface area contributed by atoms with E-state index in [0.29, 0.717) is 25.0 Å². The largest absolute Gasteiger partial charge is 0.294 e. The Kier molecular flexibility index (Phi) is 4.10. The van der Waals surface area contributed by atoms with Gasteiger partial charge in [0, 0.05) is 18.1 Å². The van der Waals surface area contributed by atoms with Crippen LogP contribution in [-0.4, -0.2) is 5.78 Å². The highest BCUT2D eigenvalue weighted by Gasteiger charge is 2.24. The molecule has 1 aromatic carbocycles. The monoisotopic (exact) mass is 230 g/mol. The SMILES string of the molecule is CCC(CC)C(=O)c1c(F)cc(F)cc1F. The van der Waals surface area contributed by atoms with Crippen molar-refractivity contribution in [2.45, 2.75) is 26.7 Å². The summed E-state index contributed by atoms with van der Waals surface area (Å²) >= 11 is 0. The van der Waals surface area contributed by atoms with E-state index in [1.807, 2.05) is 0 Å². The molecule has 16 heavy (non-hydrogen) atoms. The Morgan fingerprint density at radius 3 is 1.94 bits per heavy atom. The van der Waals surface area contributed by atoms with Crippen molar-refractivity contribution in [1.29, 1.82) is 0 Å². The van der Waals surface area contributed by atoms with E-state index in [9.17, 15) is 18.0 Å². The molecule has 0 saturated carbocycles. The molecule has 1 rings (SSSR count). The fourth-order valence-electron chi connectivity index (χ4n) is 1.64. The lowest BCUT2D eigenvalue weighted by atomic mass is 9.92. The molecule has 0 saturated heterocycles. The number of carbonyl (C=O) groups is 1. The van der Waals surface area contributed by atoms with Crippen LogP contribution in [0, 0.1) is 23.4 Å². The van der Waals surface area contributed by atoms with Crippen molar-refractivity contribution < 1.29 is 18.0 Å². The molecule has 4 heteroatoms. The molecule has 0 fully saturated rings. The highest BCUT2D eigenvalue weighted by Crippen LogP contribution is 2.21. The van der Waals surface area contributed by atoms with Crippen molar-refractivity contribution in [3.63, 3.8) is 0 Å². The Balaban J connectivity index is 3.18. The fourth-order valence-corrected chi connectivity index (χ4v) is 1.64. The molecule has 0 radical (unpaired) electrons. The maximum absolute atomic E-state index is 13.3. The second-order valence-corrected chi connectivity index (χ2v) is 3.62. The highest BCUT2D eigenvalue weighted by molar-refractivity contribution is 5.98. The molecule has 0 aliphatic carbocycles. The first-order chi connectivity index (χ1) is 7.51. The Bertz CT molecular complexity index is 374. The molecule has 0 N–H and O–H groups in total. The number of carbonyl (C=O) groups excluding carboxylic acids is 1. The van der Waals surface area contributed by atoms with Gasteiger partial charge in [0.15, 0.2) is 5.78 Å². The maximum atomic E-state index is 13.3. The molecular weight excluding hydrogens is 217 g/mol. The van der Waals surface area contributed by atoms with Crippen molar-refractivity contribution >= 4 is 5.78 Å². The van der Waals surface area contributed by atoms with E-state index in [2.05, 4.69) is 0 Å². The van der Waals surface area contributed by atoms with E-state index in [1.165, 1.54) is 0 Å². The normalized spacial score (nSPS) is 10.9. The molecule has 0 atom stereocenters. The number of hydrogen-bond donors (Lipinski definition) is 0. The van der Waals surface area contributed by atoms with Gasteiger partial charge in [-0.15, -0.1) is 0 Å². The molecule has 0 heterocycles. The van der Waals surface area contributed by atoms with Crippen LogP contribution >= 0.6 is 0 Å². The van der Waals surface area contributed by atoms with Gasteiger partial charge in [-0.3, -0.25) is 4.79 Å². The zero-order chi connectivity index (χ0) is 12.3. The minimum absolute atomic E-state index is 0.422. The van der Waals surface area contributed by atoms with Gasteiger partial charge in [-0.1, -0.05) is 13.8 Å². The average molecular weight is 230 g/mol. The van der Waals surface area contributed by atoms with Gasteiger partial charge in [-0.05, 0) is 12.8 Å². The number of Topliss-reactive ketones (excluding diaryl/α,β-unsaturated/α-hetero) is 1. The Morgan fingerprint density at radius 2 is 1.56 bits per heavy atom. The number of hydrogen-bond acceptors (Lipinski definition) is 1. The maximum Gasteiger partial charge on any atom is 0.171 e. The summed E-state index contributed by atoms with van der Waals surface area (Å²) in [5.41, 5.74) is -0.630. The van der Waals surface area contributed by atoms with Gasteiger partial charge in [0.2, 0.25) is 0 Å². The Morgan fingerprint density at radius 1 is 1.12 bits per heavy atom. The highest BCUT2D eigenvalue weighted by atomic mass is 19.1. The smallest absolute Gasteiger partial charge is 0.171 e. The Hall–Kier alpha value is -1.32. The van der Waals surface area contributed by atoms with E-state index in [0.717, 1.165) is 0 Å². The van der Waals surface area contributed by atoms with E-state index in [-0.39, 0.29) is 0 Å². The lowest BCUT2D eigenvalue weighted by Gasteiger charge is -2.12. The van der Waals surface area contributed by atoms with Gasteiger partial charge in [0.05, 0.1) is 5.56 Å². The first-order valence-electron chi connectivity index (χ1n) is 5.20. The van der Waals surface area contributed by atoms with Gasteiger partial charge < -0.3 is 0 Å². The molecular formula is C12H13F3O. The molecule has 0 aromatic heterocycles. The van der Waals surface area contributed by atoms with Crippen LogP contribution in [0.15, 0.2) is 12.1 Å². The van der Waals surface area contributed by atoms with E-state index < -0.39 is 34.7 Å². The molecule has 0 amide bonds. The zero-order valence-electron chi connectivity index (χ0n) is 9.19. The van der Waals surface area contributed by atoms with Crippen LogP contribution in [-0.2, 0) is 0 Å². The van der Waals surface area contributed by atoms with E-state index in [4.69, 9.17) is 0 Å². The summed E-state index contributed by atoms with van der Waals surface area (Å²) in [4.78, 5) is 11.8. The first kappa shape index (κ1) is 12.7. The summed E-state index contributed by atoms with van der Waals surface area (Å²) in [6.45, 7) is 3.54. The third kappa shape index (κ3) is 2.43. The molecule has 0 bridgehead atoms. The van der Waals surface area contributed by atoms with Gasteiger partial charge in [0.1, 0.15) is 17.5 Å². The van der Waals surface area contributed by atoms with Crippen molar-refractivity contribution in [2.75, 3.05) is 0 Å². The van der Waals surface area contributed by atoms with Crippen LogP contribution in [0.4, 0.5) is 13.2 Å². The lowest BCUT2D eigenvalue weighted by molar-refractivity contribution is 0.0904. The lowest BCUT2D eigenvalue weighted by Crippen LogP contribution is -2.16. The second kappa shape index (κ2) is 5.14. The second-order valence-electron chi connectivity index (χ2n) is 3.62. The zero-order valence-corrected chi connectivity index (χ0v) is 9.19. The molecule has 0 aliphatic heterocycles. The third-order valence-corrected chi connectivity index (χ3v) is 2.61. The van der Waals surface area contributed by atoms with Crippen LogP contribution in [0.25, 0.3) is 0 Å². The van der Waals surface area contributed by atoms with Gasteiger partial charge in [0.25, 0.3) is 0 Å². The Labute approximate surface area is 92.3 Å². The summed E-state index contributed by atoms with van der Waals surface area (Å²) in [6, 6.07) is 1.05. The molecule has 0 unspecified atom stereocenters. The van der Waals surface area contributed by atoms with Crippen LogP contribution in [0.1, 0.15) is 37.0 Å². The van der Waals surface area contributed by atoms with Crippen LogP contribution in [0.5, 0.6) is 0 Å². The number of halogens is 3. The average Bonchev–Trinajstić information content (AvgIpc) is 2.17. The first-order valence-corrected chi connectivity index (χ1v) is 5.20. The molecule has 0 spiro atoms. The molecule has 1 aromatic rings. The third-order valence-electron chi connectivity index (χ3n) is 2.61. The minimum atomic E-state index is -1.13. The summed E-state index contributed by atoms with van der Waals surface area (Å²) in [5, 5.41) is 0. The summed E-state index contributed by atoms with van der Waals surface area (Å²) < 4.78 is 39.2. The number of rotatable bonds is 4. The molecule has 88 valence electrons. The van der Waals surface area contributed by atoms with E-state index in [1.54, 1.807) is 13.8 Å². The van der Waals surface area contributed by atoms with Crippen LogP contribution in [0.2, 0.25) is 0 Å². The van der Waals surface area contributed by atoms with Gasteiger partial charge in [-0.2, -0.15) is 0 Å². The standard InChI is InChI=1S/C12H13F3O/c1-3-7(4-2)12(16)11-9(14)5-8(13)6-10(11)15/h5-7H,3-4H2,1-2H3. The quantitative estimate of drug-likeness (QED) is 0.720. The van der Waals surface area contributed by atoms with Crippen molar-refractivity contribution in [2.24, 2.45) is 5.92 Å². The van der Waals surface area contributed by atoms with Crippen LogP contribution < -0.4 is 0 Å². The van der Waals surface area contributed by atoms with Crippen LogP contribution in [0.3, 0.4) is 0 Å². The predicted molar refractivity (Wildman–Crippen MR) is 54.7 cm³/mol. The van der Waals surface area contributed by atoms with Crippen molar-refractivity contribution in [3.8, 4) is 0 Å². The topological polar surface area (TPSA) is 17.1 Å². The fraction of sp³-hybridized carbons (Fsp3) is 0.417. The summed E-state index contributed by atoms with van der Waals surface area (Å²) in [5.74, 6) is -4.30. The van der Waals surface area contributed by atoms with Crippen molar-refractivity contribution in [1.82, 2.24) is 0 Å². The molecule has 1 nitrogen and oxygen atoms in total. The number of benzene rings is 1. The minimum Gasteiger partial charge on any atom is -0.294 e. The van der Waals surface area contributed by atoms with Gasteiger partial charge in [-0.25, -0.2) is 13.2 Å².